The van der Waals surface area contributed by atoms with E-state index in [1.54, 1.807) is 12.1 Å². The van der Waals surface area contributed by atoms with Gasteiger partial charge in [0, 0.05) is 30.4 Å². The van der Waals surface area contributed by atoms with Crippen molar-refractivity contribution in [3.8, 4) is 6.07 Å². The summed E-state index contributed by atoms with van der Waals surface area (Å²) in [6.45, 7) is 0.693. The average molecular weight is 231 g/mol. The number of nitriles is 1. The van der Waals surface area contributed by atoms with Gasteiger partial charge in [-0.3, -0.25) is 10.1 Å². The van der Waals surface area contributed by atoms with Gasteiger partial charge < -0.3 is 4.90 Å². The van der Waals surface area contributed by atoms with Crippen LogP contribution in [-0.2, 0) is 0 Å². The molecule has 0 atom stereocenters. The Bertz CT molecular complexity index is 446. The quantitative estimate of drug-likeness (QED) is 0.576. The van der Waals surface area contributed by atoms with Crippen LogP contribution in [0.4, 0.5) is 11.4 Å². The molecule has 1 aromatic carbocycles. The normalized spacial score (nSPS) is 14.1. The fraction of sp³-hybridized carbons (Fsp3) is 0.417. The van der Waals surface area contributed by atoms with Crippen molar-refractivity contribution in [1.82, 2.24) is 0 Å². The van der Waals surface area contributed by atoms with E-state index in [0.29, 0.717) is 19.0 Å². The van der Waals surface area contributed by atoms with Crippen molar-refractivity contribution in [2.24, 2.45) is 0 Å². The van der Waals surface area contributed by atoms with Crippen LogP contribution in [0, 0.1) is 21.4 Å². The second-order valence-electron chi connectivity index (χ2n) is 4.11. The minimum atomic E-state index is -0.402. The fourth-order valence-corrected chi connectivity index (χ4v) is 1.84. The van der Waals surface area contributed by atoms with E-state index in [1.165, 1.54) is 12.1 Å². The van der Waals surface area contributed by atoms with E-state index in [0.717, 1.165) is 18.5 Å². The van der Waals surface area contributed by atoms with Crippen LogP contribution in [0.5, 0.6) is 0 Å². The van der Waals surface area contributed by atoms with Crippen LogP contribution in [-0.4, -0.2) is 17.5 Å². The molecule has 1 fully saturated rings. The summed E-state index contributed by atoms with van der Waals surface area (Å²) in [7, 11) is 0. The van der Waals surface area contributed by atoms with Crippen molar-refractivity contribution >= 4 is 11.4 Å². The fourth-order valence-electron chi connectivity index (χ4n) is 1.84. The number of rotatable bonds is 5. The highest BCUT2D eigenvalue weighted by molar-refractivity contribution is 5.52. The average Bonchev–Trinajstić information content (AvgIpc) is 3.14. The van der Waals surface area contributed by atoms with Crippen LogP contribution in [0.1, 0.15) is 19.3 Å². The second kappa shape index (κ2) is 4.83. The van der Waals surface area contributed by atoms with Gasteiger partial charge in [-0.1, -0.05) is 0 Å². The topological polar surface area (TPSA) is 70.2 Å². The van der Waals surface area contributed by atoms with Gasteiger partial charge in [-0.05, 0) is 25.0 Å². The van der Waals surface area contributed by atoms with Crippen molar-refractivity contribution in [3.63, 3.8) is 0 Å². The lowest BCUT2D eigenvalue weighted by Gasteiger charge is -2.23. The predicted octanol–water partition coefficient (Wildman–Crippen LogP) is 2.48. The molecule has 1 aromatic rings. The number of anilines is 1. The Balaban J connectivity index is 2.13. The summed E-state index contributed by atoms with van der Waals surface area (Å²) in [5.74, 6) is 0. The summed E-state index contributed by atoms with van der Waals surface area (Å²) in [5, 5.41) is 19.2. The molecule has 5 nitrogen and oxygen atoms in total. The molecule has 0 bridgehead atoms. The number of benzene rings is 1. The highest BCUT2D eigenvalue weighted by atomic mass is 16.6. The lowest BCUT2D eigenvalue weighted by molar-refractivity contribution is -0.384. The summed E-state index contributed by atoms with van der Waals surface area (Å²) >= 11 is 0. The summed E-state index contributed by atoms with van der Waals surface area (Å²) in [4.78, 5) is 12.3. The zero-order valence-electron chi connectivity index (χ0n) is 9.37. The van der Waals surface area contributed by atoms with Gasteiger partial charge in [-0.2, -0.15) is 5.26 Å². The van der Waals surface area contributed by atoms with Gasteiger partial charge >= 0.3 is 0 Å². The van der Waals surface area contributed by atoms with Gasteiger partial charge in [0.1, 0.15) is 0 Å². The van der Waals surface area contributed by atoms with Crippen molar-refractivity contribution in [2.75, 3.05) is 11.4 Å². The molecule has 0 aliphatic heterocycles. The molecule has 1 saturated carbocycles. The molecular formula is C12H13N3O2. The molecule has 0 unspecified atom stereocenters. The van der Waals surface area contributed by atoms with Gasteiger partial charge in [-0.15, -0.1) is 0 Å². The van der Waals surface area contributed by atoms with Crippen LogP contribution in [0.2, 0.25) is 0 Å². The number of hydrogen-bond acceptors (Lipinski definition) is 4. The standard InChI is InChI=1S/C12H13N3O2/c13-8-1-9-14(10-2-3-10)11-4-6-12(7-5-11)15(16)17/h4-7,10H,1-3,9H2. The minimum absolute atomic E-state index is 0.102. The Morgan fingerprint density at radius 1 is 1.41 bits per heavy atom. The van der Waals surface area contributed by atoms with Crippen molar-refractivity contribution in [1.29, 1.82) is 5.26 Å². The number of non-ortho nitro benzene ring substituents is 1. The van der Waals surface area contributed by atoms with Gasteiger partial charge in [0.25, 0.3) is 5.69 Å². The van der Waals surface area contributed by atoms with E-state index in [9.17, 15) is 10.1 Å². The number of nitrogens with zero attached hydrogens (tertiary/aromatic N) is 3. The maximum Gasteiger partial charge on any atom is 0.269 e. The maximum atomic E-state index is 10.5. The van der Waals surface area contributed by atoms with Crippen molar-refractivity contribution in [3.05, 3.63) is 34.4 Å². The highest BCUT2D eigenvalue weighted by Crippen LogP contribution is 2.32. The lowest BCUT2D eigenvalue weighted by atomic mass is 10.2. The Kier molecular flexibility index (Phi) is 3.24. The lowest BCUT2D eigenvalue weighted by Crippen LogP contribution is -2.26. The number of nitro groups is 1. The Morgan fingerprint density at radius 3 is 2.53 bits per heavy atom. The number of nitro benzene ring substituents is 1. The third-order valence-corrected chi connectivity index (χ3v) is 2.84. The largest absolute Gasteiger partial charge is 0.368 e. The molecule has 0 saturated heterocycles. The molecule has 0 amide bonds. The minimum Gasteiger partial charge on any atom is -0.368 e. The van der Waals surface area contributed by atoms with E-state index >= 15 is 0 Å². The SMILES string of the molecule is N#CCCN(c1ccc([N+](=O)[O-])cc1)C1CC1. The van der Waals surface area contributed by atoms with Gasteiger partial charge in [0.2, 0.25) is 0 Å². The third-order valence-electron chi connectivity index (χ3n) is 2.84. The van der Waals surface area contributed by atoms with Gasteiger partial charge in [0.05, 0.1) is 17.4 Å². The van der Waals surface area contributed by atoms with Crippen molar-refractivity contribution < 1.29 is 4.92 Å². The van der Waals surface area contributed by atoms with Crippen LogP contribution < -0.4 is 4.90 Å². The van der Waals surface area contributed by atoms with Crippen LogP contribution >= 0.6 is 0 Å². The smallest absolute Gasteiger partial charge is 0.269 e. The summed E-state index contributed by atoms with van der Waals surface area (Å²) in [5.41, 5.74) is 1.07. The maximum absolute atomic E-state index is 10.5. The van der Waals surface area contributed by atoms with E-state index in [4.69, 9.17) is 5.26 Å². The summed E-state index contributed by atoms with van der Waals surface area (Å²) in [6, 6.07) is 9.17. The summed E-state index contributed by atoms with van der Waals surface area (Å²) < 4.78 is 0. The Hall–Kier alpha value is -2.09. The van der Waals surface area contributed by atoms with Gasteiger partial charge in [0.15, 0.2) is 0 Å². The molecule has 5 heteroatoms. The van der Waals surface area contributed by atoms with E-state index in [-0.39, 0.29) is 5.69 Å². The van der Waals surface area contributed by atoms with Crippen LogP contribution in [0.25, 0.3) is 0 Å². The Morgan fingerprint density at radius 2 is 2.06 bits per heavy atom. The molecule has 2 rings (SSSR count). The van der Waals surface area contributed by atoms with Gasteiger partial charge in [-0.25, -0.2) is 0 Å². The molecular weight excluding hydrogens is 218 g/mol. The monoisotopic (exact) mass is 231 g/mol. The molecule has 88 valence electrons. The highest BCUT2D eigenvalue weighted by Gasteiger charge is 2.29. The van der Waals surface area contributed by atoms with Crippen molar-refractivity contribution in [2.45, 2.75) is 25.3 Å². The van der Waals surface area contributed by atoms with Crippen LogP contribution in [0.3, 0.4) is 0 Å². The first-order chi connectivity index (χ1) is 8.22. The molecule has 1 aliphatic carbocycles. The van der Waals surface area contributed by atoms with E-state index in [1.807, 2.05) is 0 Å². The zero-order chi connectivity index (χ0) is 12.3. The first-order valence-corrected chi connectivity index (χ1v) is 5.60. The first kappa shape index (κ1) is 11.4. The molecule has 0 radical (unpaired) electrons. The second-order valence-corrected chi connectivity index (χ2v) is 4.11. The molecule has 0 heterocycles. The predicted molar refractivity (Wildman–Crippen MR) is 63.7 cm³/mol. The first-order valence-electron chi connectivity index (χ1n) is 5.60. The molecule has 0 aromatic heterocycles. The zero-order valence-corrected chi connectivity index (χ0v) is 9.37. The summed E-state index contributed by atoms with van der Waals surface area (Å²) in [6.07, 6.45) is 2.76. The third kappa shape index (κ3) is 2.72. The Labute approximate surface area is 99.4 Å². The number of hydrogen-bond donors (Lipinski definition) is 0. The van der Waals surface area contributed by atoms with E-state index in [2.05, 4.69) is 11.0 Å². The molecule has 0 N–H and O–H groups in total. The molecule has 1 aliphatic rings. The van der Waals surface area contributed by atoms with E-state index < -0.39 is 4.92 Å². The molecule has 17 heavy (non-hydrogen) atoms. The van der Waals surface area contributed by atoms with Crippen LogP contribution in [0.15, 0.2) is 24.3 Å². The molecule has 0 spiro atoms.